The molecule has 6 heteroatoms. The van der Waals surface area contributed by atoms with Crippen LogP contribution >= 0.6 is 24.2 Å². The summed E-state index contributed by atoms with van der Waals surface area (Å²) in [5.41, 5.74) is 1.34. The van der Waals surface area contributed by atoms with Crippen molar-refractivity contribution in [2.75, 3.05) is 39.1 Å². The molecule has 0 aromatic heterocycles. The number of nitrogens with one attached hydrogen (secondary N) is 1. The van der Waals surface area contributed by atoms with E-state index in [1.54, 1.807) is 11.8 Å². The number of benzene rings is 1. The third-order valence-electron chi connectivity index (χ3n) is 3.79. The molecule has 118 valence electrons. The Morgan fingerprint density at radius 3 is 2.67 bits per heavy atom. The van der Waals surface area contributed by atoms with Crippen molar-refractivity contribution in [1.82, 2.24) is 10.2 Å². The minimum absolute atomic E-state index is 0. The highest BCUT2D eigenvalue weighted by Gasteiger charge is 2.20. The van der Waals surface area contributed by atoms with E-state index in [0.29, 0.717) is 19.3 Å². The topological polar surface area (TPSA) is 33.7 Å². The number of nitrogens with zero attached hydrogens (tertiary/aromatic N) is 1. The summed E-state index contributed by atoms with van der Waals surface area (Å²) in [5, 5.41) is 3.48. The van der Waals surface area contributed by atoms with Gasteiger partial charge in [0.1, 0.15) is 13.2 Å². The minimum Gasteiger partial charge on any atom is -0.486 e. The maximum absolute atomic E-state index is 5.71. The van der Waals surface area contributed by atoms with Gasteiger partial charge < -0.3 is 14.8 Å². The third-order valence-corrected chi connectivity index (χ3v) is 4.61. The van der Waals surface area contributed by atoms with Gasteiger partial charge in [0.25, 0.3) is 0 Å². The molecule has 1 N–H and O–H groups in total. The van der Waals surface area contributed by atoms with E-state index >= 15 is 0 Å². The first kappa shape index (κ1) is 16.7. The number of halogens is 1. The largest absolute Gasteiger partial charge is 0.486 e. The van der Waals surface area contributed by atoms with Crippen LogP contribution in [0.3, 0.4) is 0 Å². The fourth-order valence-corrected chi connectivity index (χ4v) is 3.43. The molecule has 1 aromatic carbocycles. The Balaban J connectivity index is 0.00000161. The van der Waals surface area contributed by atoms with Gasteiger partial charge in [-0.2, -0.15) is 0 Å². The molecule has 1 fully saturated rings. The predicted molar refractivity (Wildman–Crippen MR) is 89.2 cm³/mol. The van der Waals surface area contributed by atoms with E-state index < -0.39 is 0 Å². The lowest BCUT2D eigenvalue weighted by molar-refractivity contribution is 0.169. The van der Waals surface area contributed by atoms with Gasteiger partial charge in [-0.25, -0.2) is 0 Å². The molecule has 4 nitrogen and oxygen atoms in total. The molecule has 0 spiro atoms. The highest BCUT2D eigenvalue weighted by Crippen LogP contribution is 2.37. The van der Waals surface area contributed by atoms with E-state index in [1.807, 2.05) is 0 Å². The lowest BCUT2D eigenvalue weighted by atomic mass is 10.1. The Bertz CT molecular complexity index is 487. The van der Waals surface area contributed by atoms with E-state index in [4.69, 9.17) is 9.47 Å². The first-order chi connectivity index (χ1) is 9.76. The molecule has 0 bridgehead atoms. The molecule has 1 atom stereocenters. The molecule has 1 aromatic rings. The van der Waals surface area contributed by atoms with Crippen LogP contribution in [0.4, 0.5) is 0 Å². The van der Waals surface area contributed by atoms with Crippen molar-refractivity contribution in [3.05, 3.63) is 17.7 Å². The van der Waals surface area contributed by atoms with E-state index in [1.165, 1.54) is 10.5 Å². The number of hydrogen-bond acceptors (Lipinski definition) is 5. The number of hydrogen-bond donors (Lipinski definition) is 1. The Kier molecular flexibility index (Phi) is 6.05. The average molecular weight is 331 g/mol. The Morgan fingerprint density at radius 2 is 2.00 bits per heavy atom. The fourth-order valence-electron chi connectivity index (χ4n) is 2.82. The van der Waals surface area contributed by atoms with Gasteiger partial charge in [0.2, 0.25) is 0 Å². The van der Waals surface area contributed by atoms with Crippen LogP contribution < -0.4 is 14.8 Å². The maximum Gasteiger partial charge on any atom is 0.162 e. The molecule has 0 saturated carbocycles. The molecule has 1 saturated heterocycles. The van der Waals surface area contributed by atoms with Crippen molar-refractivity contribution < 1.29 is 9.47 Å². The van der Waals surface area contributed by atoms with Crippen LogP contribution in [0.5, 0.6) is 11.5 Å². The highest BCUT2D eigenvalue weighted by molar-refractivity contribution is 7.98. The first-order valence-electron chi connectivity index (χ1n) is 7.18. The van der Waals surface area contributed by atoms with Crippen molar-refractivity contribution >= 4 is 24.2 Å². The van der Waals surface area contributed by atoms with Gasteiger partial charge >= 0.3 is 0 Å². The summed E-state index contributed by atoms with van der Waals surface area (Å²) in [6, 6.07) is 4.85. The van der Waals surface area contributed by atoms with Crippen LogP contribution in [0.15, 0.2) is 17.0 Å². The van der Waals surface area contributed by atoms with Crippen LogP contribution in [0.25, 0.3) is 0 Å². The number of rotatable bonds is 3. The molecular weight excluding hydrogens is 308 g/mol. The molecule has 0 aliphatic carbocycles. The Labute approximate surface area is 137 Å². The van der Waals surface area contributed by atoms with Crippen LogP contribution in [-0.4, -0.2) is 50.0 Å². The van der Waals surface area contributed by atoms with Crippen LogP contribution in [0, 0.1) is 0 Å². The van der Waals surface area contributed by atoms with Gasteiger partial charge in [0, 0.05) is 37.1 Å². The zero-order valence-electron chi connectivity index (χ0n) is 12.6. The van der Waals surface area contributed by atoms with Crippen molar-refractivity contribution in [3.63, 3.8) is 0 Å². The quantitative estimate of drug-likeness (QED) is 0.861. The third kappa shape index (κ3) is 3.97. The van der Waals surface area contributed by atoms with Gasteiger partial charge in [-0.3, -0.25) is 4.90 Å². The maximum atomic E-state index is 5.71. The smallest absolute Gasteiger partial charge is 0.162 e. The second kappa shape index (κ2) is 7.58. The molecule has 2 aliphatic heterocycles. The monoisotopic (exact) mass is 330 g/mol. The molecule has 0 amide bonds. The van der Waals surface area contributed by atoms with Gasteiger partial charge in [0.05, 0.1) is 0 Å². The van der Waals surface area contributed by atoms with E-state index in [2.05, 4.69) is 35.5 Å². The number of ether oxygens (including phenoxy) is 2. The minimum atomic E-state index is 0. The van der Waals surface area contributed by atoms with Gasteiger partial charge in [-0.1, -0.05) is 0 Å². The summed E-state index contributed by atoms with van der Waals surface area (Å²) < 4.78 is 11.4. The first-order valence-corrected chi connectivity index (χ1v) is 8.41. The van der Waals surface area contributed by atoms with Crippen molar-refractivity contribution in [1.29, 1.82) is 0 Å². The number of fused-ring (bicyclic) bond motifs is 1. The number of piperazine rings is 1. The Hall–Kier alpha value is -0.620. The molecule has 3 rings (SSSR count). The van der Waals surface area contributed by atoms with Gasteiger partial charge in [0.15, 0.2) is 11.5 Å². The predicted octanol–water partition coefficient (Wildman–Crippen LogP) is 2.40. The van der Waals surface area contributed by atoms with Gasteiger partial charge in [-0.05, 0) is 30.9 Å². The van der Waals surface area contributed by atoms with Crippen molar-refractivity contribution in [2.45, 2.75) is 24.4 Å². The average Bonchev–Trinajstić information content (AvgIpc) is 2.46. The standard InChI is InChI=1S/C15H22N2O2S.ClH/c1-11-9-17(4-3-16-11)10-12-7-13-14(8-15(12)20-2)19-6-5-18-13;/h7-8,11,16H,3-6,9-10H2,1-2H3;1H/t11-;/m1./s1. The Morgan fingerprint density at radius 1 is 1.29 bits per heavy atom. The SMILES string of the molecule is CSc1cc2c(cc1CN1CCN[C@H](C)C1)OCCO2.Cl. The molecule has 0 unspecified atom stereocenters. The van der Waals surface area contributed by atoms with Crippen LogP contribution in [0.1, 0.15) is 12.5 Å². The zero-order valence-corrected chi connectivity index (χ0v) is 14.2. The summed E-state index contributed by atoms with van der Waals surface area (Å²) in [7, 11) is 0. The summed E-state index contributed by atoms with van der Waals surface area (Å²) >= 11 is 1.78. The summed E-state index contributed by atoms with van der Waals surface area (Å²) in [6.07, 6.45) is 2.12. The van der Waals surface area contributed by atoms with Gasteiger partial charge in [-0.15, -0.1) is 24.2 Å². The molecular formula is C15H23ClN2O2S. The van der Waals surface area contributed by atoms with E-state index in [-0.39, 0.29) is 12.4 Å². The second-order valence-electron chi connectivity index (χ2n) is 5.40. The van der Waals surface area contributed by atoms with Crippen LogP contribution in [-0.2, 0) is 6.54 Å². The lowest BCUT2D eigenvalue weighted by Crippen LogP contribution is -2.48. The summed E-state index contributed by atoms with van der Waals surface area (Å²) in [6.45, 7) is 7.80. The molecule has 2 heterocycles. The second-order valence-corrected chi connectivity index (χ2v) is 6.25. The molecule has 2 aliphatic rings. The summed E-state index contributed by atoms with van der Waals surface area (Å²) in [5.74, 6) is 1.78. The normalized spacial score (nSPS) is 21.7. The highest BCUT2D eigenvalue weighted by atomic mass is 35.5. The van der Waals surface area contributed by atoms with Crippen molar-refractivity contribution in [2.24, 2.45) is 0 Å². The van der Waals surface area contributed by atoms with Crippen molar-refractivity contribution in [3.8, 4) is 11.5 Å². The number of thioether (sulfide) groups is 1. The van der Waals surface area contributed by atoms with E-state index in [0.717, 1.165) is 37.7 Å². The lowest BCUT2D eigenvalue weighted by Gasteiger charge is -2.32. The molecule has 0 radical (unpaired) electrons. The fraction of sp³-hybridized carbons (Fsp3) is 0.600. The van der Waals surface area contributed by atoms with Crippen LogP contribution in [0.2, 0.25) is 0 Å². The van der Waals surface area contributed by atoms with E-state index in [9.17, 15) is 0 Å². The summed E-state index contributed by atoms with van der Waals surface area (Å²) in [4.78, 5) is 3.80. The zero-order chi connectivity index (χ0) is 13.9. The molecule has 21 heavy (non-hydrogen) atoms.